The molecule has 1 aromatic carbocycles. The van der Waals surface area contributed by atoms with Crippen molar-refractivity contribution >= 4 is 23.7 Å². The van der Waals surface area contributed by atoms with Crippen molar-refractivity contribution in [2.24, 2.45) is 27.4 Å². The average molecular weight is 471 g/mol. The van der Waals surface area contributed by atoms with Gasteiger partial charge in [0.1, 0.15) is 17.0 Å². The van der Waals surface area contributed by atoms with Gasteiger partial charge in [0, 0.05) is 24.8 Å². The molecule has 2 heterocycles. The minimum Gasteiger partial charge on any atom is -0.493 e. The predicted octanol–water partition coefficient (Wildman–Crippen LogP) is 3.82. The van der Waals surface area contributed by atoms with Crippen molar-refractivity contribution in [2.75, 3.05) is 24.6 Å². The van der Waals surface area contributed by atoms with Crippen LogP contribution in [0.5, 0.6) is 5.75 Å². The quantitative estimate of drug-likeness (QED) is 0.690. The normalized spacial score (nSPS) is 21.1. The Morgan fingerprint density at radius 2 is 1.85 bits per heavy atom. The van der Waals surface area contributed by atoms with Crippen LogP contribution in [0.1, 0.15) is 65.7 Å². The number of aliphatic imine (C=N–C) groups is 2. The van der Waals surface area contributed by atoms with Crippen molar-refractivity contribution in [1.82, 2.24) is 4.90 Å². The number of carbonyl (C=O) groups excluding carboxylic acids is 1. The first-order chi connectivity index (χ1) is 16.2. The second-order valence-corrected chi connectivity index (χ2v) is 10.5. The van der Waals surface area contributed by atoms with E-state index < -0.39 is 11.3 Å². The summed E-state index contributed by atoms with van der Waals surface area (Å²) in [4.78, 5) is 25.1. The highest BCUT2D eigenvalue weighted by atomic mass is 16.6. The van der Waals surface area contributed by atoms with Gasteiger partial charge in [0.2, 0.25) is 11.9 Å². The van der Waals surface area contributed by atoms with Crippen LogP contribution in [0, 0.1) is 5.92 Å². The Kier molecular flexibility index (Phi) is 6.91. The van der Waals surface area contributed by atoms with Gasteiger partial charge in [-0.3, -0.25) is 4.90 Å². The number of anilines is 1. The van der Waals surface area contributed by atoms with Gasteiger partial charge >= 0.3 is 6.09 Å². The summed E-state index contributed by atoms with van der Waals surface area (Å²) in [7, 11) is 0. The van der Waals surface area contributed by atoms with E-state index in [2.05, 4.69) is 4.99 Å². The van der Waals surface area contributed by atoms with E-state index in [1.807, 2.05) is 49.9 Å². The largest absolute Gasteiger partial charge is 0.493 e. The Morgan fingerprint density at radius 1 is 1.15 bits per heavy atom. The van der Waals surface area contributed by atoms with Crippen LogP contribution >= 0.6 is 0 Å². The fourth-order valence-corrected chi connectivity index (χ4v) is 5.03. The van der Waals surface area contributed by atoms with E-state index >= 15 is 0 Å². The van der Waals surface area contributed by atoms with E-state index in [9.17, 15) is 4.79 Å². The summed E-state index contributed by atoms with van der Waals surface area (Å²) in [5.41, 5.74) is 12.3. The van der Waals surface area contributed by atoms with Gasteiger partial charge in [-0.25, -0.2) is 9.79 Å². The molecule has 1 aromatic rings. The number of hydrogen-bond acceptors (Lipinski definition) is 8. The number of rotatable bonds is 4. The van der Waals surface area contributed by atoms with E-state index in [1.165, 1.54) is 6.42 Å². The second kappa shape index (κ2) is 9.72. The molecule has 3 aliphatic rings. The summed E-state index contributed by atoms with van der Waals surface area (Å²) in [6, 6.07) is 7.95. The minimum absolute atomic E-state index is 0.236. The third-order valence-corrected chi connectivity index (χ3v) is 6.68. The van der Waals surface area contributed by atoms with Gasteiger partial charge in [-0.1, -0.05) is 12.5 Å². The molecular formula is C25H38N6O3. The predicted molar refractivity (Wildman–Crippen MR) is 134 cm³/mol. The Morgan fingerprint density at radius 3 is 2.53 bits per heavy atom. The van der Waals surface area contributed by atoms with Crippen molar-refractivity contribution in [3.8, 4) is 5.75 Å². The number of hydrogen-bond donors (Lipinski definition) is 2. The molecule has 9 heteroatoms. The number of nitrogens with two attached hydrogens (primary N) is 2. The van der Waals surface area contributed by atoms with Crippen LogP contribution in [0.4, 0.5) is 10.5 Å². The highest BCUT2D eigenvalue weighted by Gasteiger charge is 2.42. The number of benzene rings is 1. The third-order valence-electron chi connectivity index (χ3n) is 6.68. The molecule has 1 aliphatic carbocycles. The Balaban J connectivity index is 1.37. The molecular weight excluding hydrogens is 432 g/mol. The Hall–Kier alpha value is -2.97. The number of amides is 1. The second-order valence-electron chi connectivity index (χ2n) is 10.5. The fraction of sp³-hybridized carbons (Fsp3) is 0.640. The third kappa shape index (κ3) is 5.56. The van der Waals surface area contributed by atoms with Gasteiger partial charge in [-0.05, 0) is 77.3 Å². The molecule has 0 aromatic heterocycles. The lowest BCUT2D eigenvalue weighted by Crippen LogP contribution is -2.58. The van der Waals surface area contributed by atoms with Crippen LogP contribution in [-0.2, 0) is 4.74 Å². The maximum atomic E-state index is 12.3. The molecule has 9 nitrogen and oxygen atoms in total. The van der Waals surface area contributed by atoms with E-state index in [4.69, 9.17) is 25.9 Å². The highest BCUT2D eigenvalue weighted by Crippen LogP contribution is 2.40. The summed E-state index contributed by atoms with van der Waals surface area (Å²) in [5, 5.41) is 0. The monoisotopic (exact) mass is 470 g/mol. The zero-order valence-electron chi connectivity index (χ0n) is 20.6. The summed E-state index contributed by atoms with van der Waals surface area (Å²) in [5.74, 6) is 1.80. The summed E-state index contributed by atoms with van der Waals surface area (Å²) in [6.45, 7) is 7.64. The highest BCUT2D eigenvalue weighted by molar-refractivity contribution is 6.05. The summed E-state index contributed by atoms with van der Waals surface area (Å²) < 4.78 is 11.7. The maximum Gasteiger partial charge on any atom is 0.410 e. The smallest absolute Gasteiger partial charge is 0.410 e. The van der Waals surface area contributed by atoms with E-state index in [0.29, 0.717) is 31.6 Å². The first-order valence-corrected chi connectivity index (χ1v) is 12.4. The fourth-order valence-electron chi connectivity index (χ4n) is 5.03. The number of likely N-dealkylation sites (tertiary alicyclic amines) is 1. The molecule has 2 fully saturated rings. The number of piperidine rings is 1. The standard InChI is InChI=1S/C25H38N6O3/c1-24(2,3)34-23(32)30-14-10-18(11-15-30)17-33-20-9-7-8-19(16-20)31-22(27)28-21(26)29-25(31)12-5-4-6-13-25/h7-9,16,18H,4-6,10-15,17H2,1-3H3,(H4,26,27,28,29). The van der Waals surface area contributed by atoms with Gasteiger partial charge in [-0.2, -0.15) is 4.99 Å². The van der Waals surface area contributed by atoms with Crippen LogP contribution in [0.3, 0.4) is 0 Å². The molecule has 4 rings (SSSR count). The molecule has 2 aliphatic heterocycles. The van der Waals surface area contributed by atoms with Gasteiger partial charge in [0.15, 0.2) is 0 Å². The van der Waals surface area contributed by atoms with E-state index in [-0.39, 0.29) is 12.1 Å². The van der Waals surface area contributed by atoms with Crippen molar-refractivity contribution in [1.29, 1.82) is 0 Å². The van der Waals surface area contributed by atoms with Gasteiger partial charge in [0.25, 0.3) is 0 Å². The lowest BCUT2D eigenvalue weighted by molar-refractivity contribution is 0.0165. The number of guanidine groups is 2. The lowest BCUT2D eigenvalue weighted by Gasteiger charge is -2.45. The molecule has 0 unspecified atom stereocenters. The molecule has 1 spiro atoms. The molecule has 34 heavy (non-hydrogen) atoms. The molecule has 186 valence electrons. The molecule has 0 bridgehead atoms. The van der Waals surface area contributed by atoms with Crippen LogP contribution < -0.4 is 21.1 Å². The van der Waals surface area contributed by atoms with Crippen LogP contribution in [0.15, 0.2) is 34.3 Å². The number of carbonyl (C=O) groups is 1. The summed E-state index contributed by atoms with van der Waals surface area (Å²) >= 11 is 0. The topological polar surface area (TPSA) is 119 Å². The zero-order valence-corrected chi connectivity index (χ0v) is 20.6. The van der Waals surface area contributed by atoms with Gasteiger partial charge in [-0.15, -0.1) is 0 Å². The molecule has 4 N–H and O–H groups in total. The van der Waals surface area contributed by atoms with Crippen molar-refractivity contribution in [3.05, 3.63) is 24.3 Å². The molecule has 1 saturated heterocycles. The van der Waals surface area contributed by atoms with Gasteiger partial charge in [0.05, 0.1) is 6.61 Å². The Bertz CT molecular complexity index is 940. The SMILES string of the molecule is CC(C)(C)OC(=O)N1CCC(COc2cccc(N3C(N)=NC(N)=NC34CCCCC4)c2)CC1. The zero-order chi connectivity index (χ0) is 24.3. The minimum atomic E-state index is -0.474. The lowest BCUT2D eigenvalue weighted by atomic mass is 9.87. The molecule has 1 saturated carbocycles. The summed E-state index contributed by atoms with van der Waals surface area (Å²) in [6.07, 6.45) is 6.69. The Labute approximate surface area is 202 Å². The number of ether oxygens (including phenoxy) is 2. The molecule has 0 radical (unpaired) electrons. The van der Waals surface area contributed by atoms with Gasteiger partial charge < -0.3 is 25.8 Å². The average Bonchev–Trinajstić information content (AvgIpc) is 2.77. The van der Waals surface area contributed by atoms with Crippen molar-refractivity contribution in [3.63, 3.8) is 0 Å². The molecule has 1 amide bonds. The van der Waals surface area contributed by atoms with Crippen LogP contribution in [0.25, 0.3) is 0 Å². The number of nitrogens with zero attached hydrogens (tertiary/aromatic N) is 4. The van der Waals surface area contributed by atoms with E-state index in [0.717, 1.165) is 50.0 Å². The maximum absolute atomic E-state index is 12.3. The van der Waals surface area contributed by atoms with Crippen molar-refractivity contribution in [2.45, 2.75) is 77.0 Å². The van der Waals surface area contributed by atoms with Crippen LogP contribution in [-0.4, -0.2) is 53.9 Å². The van der Waals surface area contributed by atoms with E-state index in [1.54, 1.807) is 4.90 Å². The van der Waals surface area contributed by atoms with Crippen LogP contribution in [0.2, 0.25) is 0 Å². The van der Waals surface area contributed by atoms with Crippen molar-refractivity contribution < 1.29 is 14.3 Å². The first-order valence-electron chi connectivity index (χ1n) is 12.4. The molecule has 0 atom stereocenters. The first kappa shape index (κ1) is 24.2.